The molecule has 262 valence electrons. The third-order valence-electron chi connectivity index (χ3n) is 10.7. The molecule has 8 aromatic carbocycles. The molecule has 5 heteroatoms. The van der Waals surface area contributed by atoms with Gasteiger partial charge in [0.25, 0.3) is 0 Å². The molecule has 0 aliphatic heterocycles. The Bertz CT molecular complexity index is 3190. The van der Waals surface area contributed by atoms with Crippen molar-refractivity contribution in [3.63, 3.8) is 0 Å². The van der Waals surface area contributed by atoms with Gasteiger partial charge < -0.3 is 8.98 Å². The zero-order chi connectivity index (χ0) is 37.0. The van der Waals surface area contributed by atoms with Crippen LogP contribution in [0.2, 0.25) is 0 Å². The summed E-state index contributed by atoms with van der Waals surface area (Å²) >= 11 is 0. The maximum Gasteiger partial charge on any atom is 0.164 e. The average Bonchev–Trinajstić information content (AvgIpc) is 3.82. The van der Waals surface area contributed by atoms with Crippen molar-refractivity contribution in [1.29, 1.82) is 0 Å². The zero-order valence-electron chi connectivity index (χ0n) is 30.2. The number of nitrogens with zero attached hydrogens (tertiary/aromatic N) is 4. The SMILES string of the molecule is c1ccc(-c2nc(-c3ccc(-c4ccccc4)c(-n4c5ccccc5c5ccccc54)c3)nc(-c3ccc4c(c3)oc3cccc(-c5ccccc5)c34)n2)cc1. The van der Waals surface area contributed by atoms with Crippen molar-refractivity contribution >= 4 is 43.7 Å². The van der Waals surface area contributed by atoms with Crippen molar-refractivity contribution in [2.24, 2.45) is 0 Å². The first kappa shape index (κ1) is 31.9. The average molecular weight is 717 g/mol. The Morgan fingerprint density at radius 1 is 0.339 bits per heavy atom. The van der Waals surface area contributed by atoms with Crippen LogP contribution in [0.5, 0.6) is 0 Å². The molecule has 5 nitrogen and oxygen atoms in total. The molecule has 0 saturated heterocycles. The van der Waals surface area contributed by atoms with Crippen LogP contribution in [0, 0.1) is 0 Å². The lowest BCUT2D eigenvalue weighted by molar-refractivity contribution is 0.669. The van der Waals surface area contributed by atoms with E-state index in [-0.39, 0.29) is 0 Å². The van der Waals surface area contributed by atoms with Crippen LogP contribution in [0.3, 0.4) is 0 Å². The maximum atomic E-state index is 6.52. The second kappa shape index (κ2) is 13.0. The van der Waals surface area contributed by atoms with Gasteiger partial charge in [-0.15, -0.1) is 0 Å². The van der Waals surface area contributed by atoms with Gasteiger partial charge in [-0.05, 0) is 53.1 Å². The molecule has 11 rings (SSSR count). The van der Waals surface area contributed by atoms with Crippen LogP contribution in [0.1, 0.15) is 0 Å². The van der Waals surface area contributed by atoms with E-state index < -0.39 is 0 Å². The fourth-order valence-corrected chi connectivity index (χ4v) is 8.07. The molecule has 0 atom stereocenters. The van der Waals surface area contributed by atoms with Crippen LogP contribution in [-0.4, -0.2) is 19.5 Å². The second-order valence-electron chi connectivity index (χ2n) is 14.0. The standard InChI is InChI=1S/C51H32N4O/c1-4-15-33(16-5-1)38-29-27-36(31-45(38)55-43-24-12-10-21-40(43)41-22-11-13-25-44(41)55)50-52-49(35-19-8-3-9-20-35)53-51(54-50)37-28-30-42-47(32-37)56-46-26-14-23-39(48(42)46)34-17-6-2-7-18-34/h1-32H. The first-order valence-corrected chi connectivity index (χ1v) is 18.8. The summed E-state index contributed by atoms with van der Waals surface area (Å²) in [6.07, 6.45) is 0. The van der Waals surface area contributed by atoms with Crippen LogP contribution in [0.25, 0.3) is 106 Å². The summed E-state index contributed by atoms with van der Waals surface area (Å²) in [6, 6.07) is 67.4. The summed E-state index contributed by atoms with van der Waals surface area (Å²) in [6.45, 7) is 0. The molecule has 3 aromatic heterocycles. The van der Waals surface area contributed by atoms with Crippen molar-refractivity contribution in [2.45, 2.75) is 0 Å². The normalized spacial score (nSPS) is 11.6. The van der Waals surface area contributed by atoms with Gasteiger partial charge in [-0.25, -0.2) is 15.0 Å². The summed E-state index contributed by atoms with van der Waals surface area (Å²) in [5, 5.41) is 4.56. The molecule has 0 aliphatic rings. The molecule has 0 fully saturated rings. The zero-order valence-corrected chi connectivity index (χ0v) is 30.2. The number of rotatable bonds is 6. The smallest absolute Gasteiger partial charge is 0.164 e. The van der Waals surface area contributed by atoms with Crippen molar-refractivity contribution in [2.75, 3.05) is 0 Å². The Morgan fingerprint density at radius 2 is 0.857 bits per heavy atom. The molecule has 0 bridgehead atoms. The highest BCUT2D eigenvalue weighted by Gasteiger charge is 2.20. The summed E-state index contributed by atoms with van der Waals surface area (Å²) < 4.78 is 8.89. The van der Waals surface area contributed by atoms with Crippen LogP contribution in [0.15, 0.2) is 199 Å². The highest BCUT2D eigenvalue weighted by atomic mass is 16.3. The van der Waals surface area contributed by atoms with Gasteiger partial charge in [0.15, 0.2) is 17.5 Å². The summed E-state index contributed by atoms with van der Waals surface area (Å²) in [5.74, 6) is 1.77. The van der Waals surface area contributed by atoms with Gasteiger partial charge in [0.2, 0.25) is 0 Å². The van der Waals surface area contributed by atoms with Crippen molar-refractivity contribution in [3.05, 3.63) is 194 Å². The van der Waals surface area contributed by atoms with Crippen molar-refractivity contribution in [3.8, 4) is 62.1 Å². The molecule has 0 spiro atoms. The third kappa shape index (κ3) is 5.29. The van der Waals surface area contributed by atoms with Gasteiger partial charge in [0, 0.05) is 43.8 Å². The van der Waals surface area contributed by atoms with Gasteiger partial charge in [-0.2, -0.15) is 0 Å². The van der Waals surface area contributed by atoms with E-state index in [0.717, 1.165) is 77.6 Å². The number of aromatic nitrogens is 4. The fourth-order valence-electron chi connectivity index (χ4n) is 8.07. The van der Waals surface area contributed by atoms with Crippen LogP contribution < -0.4 is 0 Å². The third-order valence-corrected chi connectivity index (χ3v) is 10.7. The maximum absolute atomic E-state index is 6.52. The molecular weight excluding hydrogens is 685 g/mol. The molecule has 11 aromatic rings. The summed E-state index contributed by atoms with van der Waals surface area (Å²) in [7, 11) is 0. The monoisotopic (exact) mass is 716 g/mol. The van der Waals surface area contributed by atoms with Gasteiger partial charge in [0.05, 0.1) is 16.7 Å². The highest BCUT2D eigenvalue weighted by Crippen LogP contribution is 2.40. The van der Waals surface area contributed by atoms with E-state index >= 15 is 0 Å². The minimum absolute atomic E-state index is 0.574. The Hall–Kier alpha value is -7.63. The Balaban J connectivity index is 1.12. The lowest BCUT2D eigenvalue weighted by Crippen LogP contribution is -2.02. The van der Waals surface area contributed by atoms with Crippen LogP contribution in [-0.2, 0) is 0 Å². The Morgan fingerprint density at radius 3 is 1.50 bits per heavy atom. The number of hydrogen-bond donors (Lipinski definition) is 0. The van der Waals surface area contributed by atoms with E-state index in [0.29, 0.717) is 17.5 Å². The van der Waals surface area contributed by atoms with E-state index in [9.17, 15) is 0 Å². The van der Waals surface area contributed by atoms with Crippen molar-refractivity contribution in [1.82, 2.24) is 19.5 Å². The summed E-state index contributed by atoms with van der Waals surface area (Å²) in [5.41, 5.74) is 12.1. The van der Waals surface area contributed by atoms with E-state index in [4.69, 9.17) is 19.4 Å². The van der Waals surface area contributed by atoms with Gasteiger partial charge >= 0.3 is 0 Å². The van der Waals surface area contributed by atoms with Gasteiger partial charge in [-0.1, -0.05) is 158 Å². The predicted molar refractivity (Wildman–Crippen MR) is 229 cm³/mol. The molecule has 0 amide bonds. The molecule has 0 aliphatic carbocycles. The van der Waals surface area contributed by atoms with E-state index in [1.54, 1.807) is 0 Å². The number of hydrogen-bond acceptors (Lipinski definition) is 4. The highest BCUT2D eigenvalue weighted by molar-refractivity contribution is 6.13. The number of para-hydroxylation sites is 2. The van der Waals surface area contributed by atoms with Gasteiger partial charge in [0.1, 0.15) is 11.2 Å². The molecule has 0 unspecified atom stereocenters. The number of benzene rings is 8. The van der Waals surface area contributed by atoms with Crippen molar-refractivity contribution < 1.29 is 4.42 Å². The second-order valence-corrected chi connectivity index (χ2v) is 14.0. The first-order chi connectivity index (χ1) is 27.8. The molecule has 0 saturated carbocycles. The first-order valence-electron chi connectivity index (χ1n) is 18.8. The minimum Gasteiger partial charge on any atom is -0.456 e. The Kier molecular flexibility index (Phi) is 7.42. The van der Waals surface area contributed by atoms with E-state index in [2.05, 4.69) is 156 Å². The molecular formula is C51H32N4O. The van der Waals surface area contributed by atoms with Gasteiger partial charge in [-0.3, -0.25) is 0 Å². The van der Waals surface area contributed by atoms with E-state index in [1.165, 1.54) is 10.8 Å². The molecule has 56 heavy (non-hydrogen) atoms. The predicted octanol–water partition coefficient (Wildman–Crippen LogP) is 13.2. The van der Waals surface area contributed by atoms with Crippen LogP contribution in [0.4, 0.5) is 0 Å². The molecule has 0 radical (unpaired) electrons. The topological polar surface area (TPSA) is 56.7 Å². The lowest BCUT2D eigenvalue weighted by Gasteiger charge is -2.16. The lowest BCUT2D eigenvalue weighted by atomic mass is 9.99. The fraction of sp³-hybridized carbons (Fsp3) is 0. The van der Waals surface area contributed by atoms with Crippen LogP contribution >= 0.6 is 0 Å². The Labute approximate surface area is 322 Å². The summed E-state index contributed by atoms with van der Waals surface area (Å²) in [4.78, 5) is 15.4. The number of furan rings is 1. The molecule has 0 N–H and O–H groups in total. The quantitative estimate of drug-likeness (QED) is 0.172. The van der Waals surface area contributed by atoms with E-state index in [1.807, 2.05) is 42.5 Å². The molecule has 3 heterocycles. The largest absolute Gasteiger partial charge is 0.456 e. The minimum atomic E-state index is 0.574. The number of fused-ring (bicyclic) bond motifs is 6.